The Morgan fingerprint density at radius 3 is 2.44 bits per heavy atom. The van der Waals surface area contributed by atoms with Crippen LogP contribution in [-0.2, 0) is 4.74 Å². The van der Waals surface area contributed by atoms with Gasteiger partial charge in [0, 0.05) is 4.43 Å². The van der Waals surface area contributed by atoms with Gasteiger partial charge in [-0.05, 0) is 25.7 Å². The fourth-order valence-electron chi connectivity index (χ4n) is 1.65. The average Bonchev–Trinajstić information content (AvgIpc) is 2.31. The number of hydrogen-bond acceptors (Lipinski definition) is 1. The lowest BCUT2D eigenvalue weighted by Gasteiger charge is -2.21. The number of unbranched alkanes of at least 4 members (excludes halogenated alkanes) is 1. The maximum absolute atomic E-state index is 6.15. The van der Waals surface area contributed by atoms with Crippen molar-refractivity contribution in [2.75, 3.05) is 4.43 Å². The van der Waals surface area contributed by atoms with Crippen LogP contribution in [0.4, 0.5) is 0 Å². The smallest absolute Gasteiger partial charge is 0.0766 e. The Kier molecular flexibility index (Phi) is 12.2. The molecule has 1 nitrogen and oxygen atoms in total. The molecule has 0 spiro atoms. The van der Waals surface area contributed by atoms with Crippen LogP contribution in [0.2, 0.25) is 0 Å². The zero-order chi connectivity index (χ0) is 12.2. The van der Waals surface area contributed by atoms with Gasteiger partial charge in [-0.25, -0.2) is 0 Å². The molecule has 0 heterocycles. The van der Waals surface area contributed by atoms with Crippen molar-refractivity contribution in [1.82, 2.24) is 0 Å². The van der Waals surface area contributed by atoms with Gasteiger partial charge in [0.25, 0.3) is 0 Å². The molecule has 0 amide bonds. The quantitative estimate of drug-likeness (QED) is 0.305. The van der Waals surface area contributed by atoms with Crippen LogP contribution in [0.1, 0.15) is 59.3 Å². The second kappa shape index (κ2) is 11.9. The first-order valence-corrected chi connectivity index (χ1v) is 8.19. The molecule has 0 saturated heterocycles. The fraction of sp³-hybridized carbons (Fsp3) is 0.857. The molecular formula is C14H27IO. The number of ether oxygens (including phenoxy) is 1. The molecule has 0 aromatic rings. The molecule has 2 atom stereocenters. The van der Waals surface area contributed by atoms with Gasteiger partial charge in [-0.2, -0.15) is 0 Å². The van der Waals surface area contributed by atoms with Gasteiger partial charge >= 0.3 is 0 Å². The second-order valence-corrected chi connectivity index (χ2v) is 5.24. The van der Waals surface area contributed by atoms with Gasteiger partial charge in [-0.1, -0.05) is 68.4 Å². The second-order valence-electron chi connectivity index (χ2n) is 4.16. The Hall–Kier alpha value is 0.430. The van der Waals surface area contributed by atoms with E-state index in [1.807, 2.05) is 0 Å². The summed E-state index contributed by atoms with van der Waals surface area (Å²) in [5, 5.41) is 0. The van der Waals surface area contributed by atoms with Crippen LogP contribution < -0.4 is 0 Å². The highest BCUT2D eigenvalue weighted by Gasteiger charge is 2.12. The highest BCUT2D eigenvalue weighted by atomic mass is 127. The number of halogens is 1. The summed E-state index contributed by atoms with van der Waals surface area (Å²) in [6.45, 7) is 6.64. The topological polar surface area (TPSA) is 9.23 Å². The molecule has 0 aromatic heterocycles. The fourth-order valence-corrected chi connectivity index (χ4v) is 2.27. The normalized spacial score (nSPS) is 15.5. The number of hydrogen-bond donors (Lipinski definition) is 0. The molecule has 0 rings (SSSR count). The highest BCUT2D eigenvalue weighted by Crippen LogP contribution is 2.14. The van der Waals surface area contributed by atoms with E-state index >= 15 is 0 Å². The molecule has 0 radical (unpaired) electrons. The maximum atomic E-state index is 6.15. The Morgan fingerprint density at radius 1 is 1.19 bits per heavy atom. The van der Waals surface area contributed by atoms with Crippen LogP contribution >= 0.6 is 22.6 Å². The predicted molar refractivity (Wildman–Crippen MR) is 81.4 cm³/mol. The zero-order valence-corrected chi connectivity index (χ0v) is 13.2. The molecule has 2 unspecified atom stereocenters. The molecule has 0 aliphatic rings. The Morgan fingerprint density at radius 2 is 1.94 bits per heavy atom. The van der Waals surface area contributed by atoms with Gasteiger partial charge < -0.3 is 4.74 Å². The van der Waals surface area contributed by atoms with Crippen LogP contribution in [0.25, 0.3) is 0 Å². The van der Waals surface area contributed by atoms with Crippen molar-refractivity contribution in [1.29, 1.82) is 0 Å². The van der Waals surface area contributed by atoms with Gasteiger partial charge in [-0.15, -0.1) is 0 Å². The van der Waals surface area contributed by atoms with Crippen molar-refractivity contribution >= 4 is 22.6 Å². The molecule has 2 heteroatoms. The Bertz CT molecular complexity index is 168. The monoisotopic (exact) mass is 338 g/mol. The van der Waals surface area contributed by atoms with E-state index in [0.29, 0.717) is 12.2 Å². The van der Waals surface area contributed by atoms with E-state index in [2.05, 4.69) is 55.5 Å². The van der Waals surface area contributed by atoms with E-state index in [4.69, 9.17) is 4.74 Å². The van der Waals surface area contributed by atoms with Gasteiger partial charge in [-0.3, -0.25) is 0 Å². The summed E-state index contributed by atoms with van der Waals surface area (Å²) in [6.07, 6.45) is 12.4. The minimum atomic E-state index is 0.332. The standard InChI is InChI=1S/C14H27IO/c1-4-7-9-13(6-3)16-14(11-12-15)10-8-5-2/h8,10,13-14H,4-7,9,11-12H2,1-3H3/b10-8-. The number of allylic oxidation sites excluding steroid dienone is 1. The molecule has 0 bridgehead atoms. The van der Waals surface area contributed by atoms with Crippen molar-refractivity contribution in [3.63, 3.8) is 0 Å². The van der Waals surface area contributed by atoms with Crippen molar-refractivity contribution in [3.05, 3.63) is 12.2 Å². The lowest BCUT2D eigenvalue weighted by atomic mass is 10.1. The third-order valence-corrected chi connectivity index (χ3v) is 3.31. The van der Waals surface area contributed by atoms with Crippen molar-refractivity contribution in [2.45, 2.75) is 71.5 Å². The van der Waals surface area contributed by atoms with E-state index in [9.17, 15) is 0 Å². The molecule has 0 aromatic carbocycles. The third-order valence-electron chi connectivity index (χ3n) is 2.68. The molecule has 0 aliphatic carbocycles. The highest BCUT2D eigenvalue weighted by molar-refractivity contribution is 14.1. The molecule has 0 saturated carbocycles. The van der Waals surface area contributed by atoms with Crippen molar-refractivity contribution < 1.29 is 4.74 Å². The van der Waals surface area contributed by atoms with Crippen LogP contribution in [-0.4, -0.2) is 16.6 Å². The van der Waals surface area contributed by atoms with Crippen molar-refractivity contribution in [3.8, 4) is 0 Å². The van der Waals surface area contributed by atoms with Crippen LogP contribution in [0.15, 0.2) is 12.2 Å². The van der Waals surface area contributed by atoms with Crippen LogP contribution in [0, 0.1) is 0 Å². The number of rotatable bonds is 10. The molecule has 0 aliphatic heterocycles. The predicted octanol–water partition coefficient (Wildman–Crippen LogP) is 5.13. The summed E-state index contributed by atoms with van der Waals surface area (Å²) in [4.78, 5) is 0. The van der Waals surface area contributed by atoms with Gasteiger partial charge in [0.15, 0.2) is 0 Å². The lowest BCUT2D eigenvalue weighted by Crippen LogP contribution is -2.20. The Labute approximate surface area is 115 Å². The minimum absolute atomic E-state index is 0.332. The van der Waals surface area contributed by atoms with E-state index in [1.54, 1.807) is 0 Å². The molecule has 16 heavy (non-hydrogen) atoms. The molecular weight excluding hydrogens is 311 g/mol. The average molecular weight is 338 g/mol. The van der Waals surface area contributed by atoms with E-state index in [1.165, 1.54) is 23.7 Å². The van der Waals surface area contributed by atoms with E-state index in [0.717, 1.165) is 19.3 Å². The molecule has 0 N–H and O–H groups in total. The van der Waals surface area contributed by atoms with Gasteiger partial charge in [0.1, 0.15) is 0 Å². The zero-order valence-electron chi connectivity index (χ0n) is 11.0. The summed E-state index contributed by atoms with van der Waals surface area (Å²) in [7, 11) is 0. The summed E-state index contributed by atoms with van der Waals surface area (Å²) in [5.41, 5.74) is 0. The Balaban J connectivity index is 4.05. The van der Waals surface area contributed by atoms with E-state index < -0.39 is 0 Å². The first kappa shape index (κ1) is 16.4. The van der Waals surface area contributed by atoms with E-state index in [-0.39, 0.29) is 0 Å². The summed E-state index contributed by atoms with van der Waals surface area (Å²) in [5.74, 6) is 0. The number of alkyl halides is 1. The summed E-state index contributed by atoms with van der Waals surface area (Å²) >= 11 is 2.43. The van der Waals surface area contributed by atoms with Crippen molar-refractivity contribution in [2.24, 2.45) is 0 Å². The lowest BCUT2D eigenvalue weighted by molar-refractivity contribution is 0.00460. The molecule has 96 valence electrons. The third kappa shape index (κ3) is 8.57. The molecule has 0 fully saturated rings. The van der Waals surface area contributed by atoms with Gasteiger partial charge in [0.2, 0.25) is 0 Å². The van der Waals surface area contributed by atoms with Crippen LogP contribution in [0.5, 0.6) is 0 Å². The first-order valence-electron chi connectivity index (χ1n) is 6.66. The minimum Gasteiger partial charge on any atom is -0.371 e. The SMILES string of the molecule is CC/C=C\C(CCI)OC(CC)CCCC. The maximum Gasteiger partial charge on any atom is 0.0766 e. The van der Waals surface area contributed by atoms with Crippen LogP contribution in [0.3, 0.4) is 0 Å². The van der Waals surface area contributed by atoms with Gasteiger partial charge in [0.05, 0.1) is 12.2 Å². The summed E-state index contributed by atoms with van der Waals surface area (Å²) in [6, 6.07) is 0. The summed E-state index contributed by atoms with van der Waals surface area (Å²) < 4.78 is 7.32. The largest absolute Gasteiger partial charge is 0.371 e. The first-order chi connectivity index (χ1) is 7.78.